The molecule has 1 aromatic rings. The Bertz CT molecular complexity index is 415. The minimum atomic E-state index is 0.754. The average molecular weight is 231 g/mol. The largest absolute Gasteiger partial charge is 0.497 e. The molecular formula is C15H21NO. The highest BCUT2D eigenvalue weighted by Gasteiger charge is 2.30. The minimum absolute atomic E-state index is 0.754. The number of likely N-dealkylation sites (tertiary alicyclic amines) is 1. The molecule has 2 aliphatic rings. The smallest absolute Gasteiger partial charge is 0.119 e. The Labute approximate surface area is 104 Å². The van der Waals surface area contributed by atoms with E-state index in [2.05, 4.69) is 30.1 Å². The van der Waals surface area contributed by atoms with Crippen molar-refractivity contribution >= 4 is 0 Å². The standard InChI is InChI=1S/C15H21NO/c1-16-6-5-13-8-11(10-16)7-12-3-4-14(17-2)9-15(12)13/h3-4,9,11,13H,5-8,10H2,1-2H3. The van der Waals surface area contributed by atoms with E-state index in [1.54, 1.807) is 18.2 Å². The van der Waals surface area contributed by atoms with Gasteiger partial charge in [-0.05, 0) is 68.0 Å². The van der Waals surface area contributed by atoms with Crippen LogP contribution in [-0.2, 0) is 6.42 Å². The van der Waals surface area contributed by atoms with Gasteiger partial charge in [0.15, 0.2) is 0 Å². The van der Waals surface area contributed by atoms with Crippen molar-refractivity contribution < 1.29 is 4.74 Å². The number of benzene rings is 1. The van der Waals surface area contributed by atoms with Gasteiger partial charge in [-0.25, -0.2) is 0 Å². The summed E-state index contributed by atoms with van der Waals surface area (Å²) in [5.41, 5.74) is 3.11. The molecule has 1 heterocycles. The van der Waals surface area contributed by atoms with Crippen molar-refractivity contribution in [3.63, 3.8) is 0 Å². The van der Waals surface area contributed by atoms with E-state index < -0.39 is 0 Å². The lowest BCUT2D eigenvalue weighted by molar-refractivity contribution is 0.296. The van der Waals surface area contributed by atoms with Gasteiger partial charge in [0.2, 0.25) is 0 Å². The highest BCUT2D eigenvalue weighted by molar-refractivity contribution is 5.40. The second-order valence-corrected chi connectivity index (χ2v) is 5.62. The third-order valence-corrected chi connectivity index (χ3v) is 4.35. The fraction of sp³-hybridized carbons (Fsp3) is 0.600. The molecule has 92 valence electrons. The number of nitrogens with zero attached hydrogens (tertiary/aromatic N) is 1. The summed E-state index contributed by atoms with van der Waals surface area (Å²) in [5.74, 6) is 2.62. The van der Waals surface area contributed by atoms with Crippen molar-refractivity contribution in [3.8, 4) is 5.75 Å². The Morgan fingerprint density at radius 3 is 3.06 bits per heavy atom. The molecule has 0 radical (unpaired) electrons. The third kappa shape index (κ3) is 2.06. The molecule has 2 bridgehead atoms. The van der Waals surface area contributed by atoms with Crippen LogP contribution in [0.1, 0.15) is 29.9 Å². The van der Waals surface area contributed by atoms with Crippen LogP contribution in [0.25, 0.3) is 0 Å². The highest BCUT2D eigenvalue weighted by atomic mass is 16.5. The monoisotopic (exact) mass is 231 g/mol. The lowest BCUT2D eigenvalue weighted by Gasteiger charge is -2.29. The van der Waals surface area contributed by atoms with Crippen LogP contribution in [0.2, 0.25) is 0 Å². The number of hydrogen-bond acceptors (Lipinski definition) is 2. The van der Waals surface area contributed by atoms with E-state index in [4.69, 9.17) is 4.74 Å². The van der Waals surface area contributed by atoms with E-state index in [9.17, 15) is 0 Å². The quantitative estimate of drug-likeness (QED) is 0.737. The second-order valence-electron chi connectivity index (χ2n) is 5.62. The predicted molar refractivity (Wildman–Crippen MR) is 69.7 cm³/mol. The molecule has 2 nitrogen and oxygen atoms in total. The topological polar surface area (TPSA) is 12.5 Å². The van der Waals surface area contributed by atoms with Crippen LogP contribution in [0.5, 0.6) is 5.75 Å². The SMILES string of the molecule is COc1ccc2c(c1)C1CCN(C)CC(C2)C1. The molecule has 1 saturated heterocycles. The molecule has 2 unspecified atom stereocenters. The van der Waals surface area contributed by atoms with Gasteiger partial charge in [0, 0.05) is 6.54 Å². The highest BCUT2D eigenvalue weighted by Crippen LogP contribution is 2.40. The summed E-state index contributed by atoms with van der Waals surface area (Å²) < 4.78 is 5.36. The Morgan fingerprint density at radius 1 is 1.35 bits per heavy atom. The first-order valence-corrected chi connectivity index (χ1v) is 6.61. The van der Waals surface area contributed by atoms with Gasteiger partial charge in [-0.15, -0.1) is 0 Å². The Hall–Kier alpha value is -1.02. The summed E-state index contributed by atoms with van der Waals surface area (Å²) in [7, 11) is 4.01. The Balaban J connectivity index is 1.96. The van der Waals surface area contributed by atoms with Gasteiger partial charge in [0.1, 0.15) is 5.75 Å². The van der Waals surface area contributed by atoms with E-state index in [1.165, 1.54) is 32.4 Å². The molecule has 2 heteroatoms. The summed E-state index contributed by atoms with van der Waals surface area (Å²) in [6, 6.07) is 6.65. The molecule has 0 amide bonds. The maximum atomic E-state index is 5.36. The van der Waals surface area contributed by atoms with Gasteiger partial charge in [0.05, 0.1) is 7.11 Å². The predicted octanol–water partition coefficient (Wildman–Crippen LogP) is 2.68. The molecule has 3 rings (SSSR count). The summed E-state index contributed by atoms with van der Waals surface area (Å²) >= 11 is 0. The van der Waals surface area contributed by atoms with Crippen LogP contribution in [0, 0.1) is 5.92 Å². The van der Waals surface area contributed by atoms with Gasteiger partial charge in [-0.2, -0.15) is 0 Å². The maximum Gasteiger partial charge on any atom is 0.119 e. The second kappa shape index (κ2) is 4.34. The van der Waals surface area contributed by atoms with E-state index in [0.29, 0.717) is 0 Å². The van der Waals surface area contributed by atoms with Crippen LogP contribution < -0.4 is 4.74 Å². The molecule has 17 heavy (non-hydrogen) atoms. The molecule has 1 aliphatic carbocycles. The number of rotatable bonds is 1. The lowest BCUT2D eigenvalue weighted by Crippen LogP contribution is -2.26. The zero-order valence-electron chi connectivity index (χ0n) is 10.8. The molecule has 0 spiro atoms. The summed E-state index contributed by atoms with van der Waals surface area (Å²) in [5, 5.41) is 0. The van der Waals surface area contributed by atoms with E-state index in [0.717, 1.165) is 17.6 Å². The van der Waals surface area contributed by atoms with E-state index in [-0.39, 0.29) is 0 Å². The summed E-state index contributed by atoms with van der Waals surface area (Å²) in [4.78, 5) is 2.49. The zero-order chi connectivity index (χ0) is 11.8. The minimum Gasteiger partial charge on any atom is -0.497 e. The number of methoxy groups -OCH3 is 1. The molecule has 0 N–H and O–H groups in total. The Morgan fingerprint density at radius 2 is 2.24 bits per heavy atom. The maximum absolute atomic E-state index is 5.36. The van der Waals surface area contributed by atoms with Crippen molar-refractivity contribution in [2.75, 3.05) is 27.2 Å². The fourth-order valence-electron chi connectivity index (χ4n) is 3.51. The van der Waals surface area contributed by atoms with Crippen molar-refractivity contribution in [3.05, 3.63) is 29.3 Å². The van der Waals surface area contributed by atoms with Crippen molar-refractivity contribution in [1.29, 1.82) is 0 Å². The number of fused-ring (bicyclic) bond motifs is 4. The molecular weight excluding hydrogens is 210 g/mol. The van der Waals surface area contributed by atoms with Crippen molar-refractivity contribution in [1.82, 2.24) is 4.90 Å². The van der Waals surface area contributed by atoms with E-state index >= 15 is 0 Å². The molecule has 1 aliphatic heterocycles. The molecule has 0 aromatic heterocycles. The first kappa shape index (κ1) is 11.1. The van der Waals surface area contributed by atoms with Crippen LogP contribution in [-0.4, -0.2) is 32.1 Å². The number of ether oxygens (including phenoxy) is 1. The first-order valence-electron chi connectivity index (χ1n) is 6.61. The van der Waals surface area contributed by atoms with Crippen molar-refractivity contribution in [2.24, 2.45) is 5.92 Å². The van der Waals surface area contributed by atoms with Gasteiger partial charge in [0.25, 0.3) is 0 Å². The van der Waals surface area contributed by atoms with Crippen LogP contribution in [0.15, 0.2) is 18.2 Å². The van der Waals surface area contributed by atoms with Crippen LogP contribution in [0.4, 0.5) is 0 Å². The fourth-order valence-corrected chi connectivity index (χ4v) is 3.51. The summed E-state index contributed by atoms with van der Waals surface area (Å²) in [6.07, 6.45) is 3.91. The molecule has 1 aromatic carbocycles. The van der Waals surface area contributed by atoms with Crippen LogP contribution >= 0.6 is 0 Å². The molecule has 2 atom stereocenters. The van der Waals surface area contributed by atoms with E-state index in [1.807, 2.05) is 0 Å². The average Bonchev–Trinajstić information content (AvgIpc) is 2.49. The van der Waals surface area contributed by atoms with Gasteiger partial charge in [-0.1, -0.05) is 6.07 Å². The first-order chi connectivity index (χ1) is 8.26. The lowest BCUT2D eigenvalue weighted by atomic mass is 9.76. The zero-order valence-corrected chi connectivity index (χ0v) is 10.8. The van der Waals surface area contributed by atoms with Gasteiger partial charge < -0.3 is 9.64 Å². The van der Waals surface area contributed by atoms with Crippen LogP contribution in [0.3, 0.4) is 0 Å². The summed E-state index contributed by atoms with van der Waals surface area (Å²) in [6.45, 7) is 2.50. The van der Waals surface area contributed by atoms with Crippen molar-refractivity contribution in [2.45, 2.75) is 25.2 Å². The third-order valence-electron chi connectivity index (χ3n) is 4.35. The number of hydrogen-bond donors (Lipinski definition) is 0. The molecule has 0 saturated carbocycles. The van der Waals surface area contributed by atoms with Gasteiger partial charge in [-0.3, -0.25) is 0 Å². The molecule has 1 fully saturated rings. The Kier molecular flexibility index (Phi) is 2.83. The normalized spacial score (nSPS) is 28.4. The van der Waals surface area contributed by atoms with Gasteiger partial charge >= 0.3 is 0 Å².